The van der Waals surface area contributed by atoms with Gasteiger partial charge in [0.2, 0.25) is 11.8 Å². The van der Waals surface area contributed by atoms with E-state index in [2.05, 4.69) is 5.32 Å². The maximum atomic E-state index is 15.1. The molecular weight excluding hydrogens is 617 g/mol. The number of sulfonamides is 1. The van der Waals surface area contributed by atoms with Gasteiger partial charge < -0.3 is 15.0 Å². The van der Waals surface area contributed by atoms with Crippen LogP contribution in [-0.4, -0.2) is 50.4 Å². The summed E-state index contributed by atoms with van der Waals surface area (Å²) in [6.45, 7) is 1.41. The molecule has 1 N–H and O–H groups in total. The largest absolute Gasteiger partial charge is 0.494 e. The molecule has 0 spiro atoms. The van der Waals surface area contributed by atoms with E-state index in [1.54, 1.807) is 60.7 Å². The molecule has 4 aromatic rings. The molecule has 0 saturated heterocycles. The first-order chi connectivity index (χ1) is 22.8. The topological polar surface area (TPSA) is 96.0 Å². The van der Waals surface area contributed by atoms with Gasteiger partial charge in [0.15, 0.2) is 0 Å². The Labute approximate surface area is 276 Å². The Balaban J connectivity index is 1.54. The zero-order chi connectivity index (χ0) is 33.2. The van der Waals surface area contributed by atoms with Crippen LogP contribution >= 0.6 is 0 Å². The maximum Gasteiger partial charge on any atom is 0.264 e. The van der Waals surface area contributed by atoms with Gasteiger partial charge in [0.1, 0.15) is 24.2 Å². The first-order valence-corrected chi connectivity index (χ1v) is 17.4. The Morgan fingerprint density at radius 2 is 1.49 bits per heavy atom. The second-order valence-corrected chi connectivity index (χ2v) is 13.4. The van der Waals surface area contributed by atoms with E-state index in [0.717, 1.165) is 35.6 Å². The Morgan fingerprint density at radius 3 is 2.13 bits per heavy atom. The van der Waals surface area contributed by atoms with Crippen molar-refractivity contribution in [2.45, 2.75) is 62.6 Å². The number of anilines is 1. The van der Waals surface area contributed by atoms with E-state index >= 15 is 4.39 Å². The van der Waals surface area contributed by atoms with Crippen LogP contribution in [0.1, 0.15) is 43.7 Å². The third kappa shape index (κ3) is 8.56. The summed E-state index contributed by atoms with van der Waals surface area (Å²) in [6.07, 6.45) is 3.85. The van der Waals surface area contributed by atoms with E-state index in [9.17, 15) is 18.0 Å². The van der Waals surface area contributed by atoms with Crippen LogP contribution in [0.4, 0.5) is 10.1 Å². The lowest BCUT2D eigenvalue weighted by atomic mass is 10.0. The number of benzene rings is 4. The number of hydrogen-bond donors (Lipinski definition) is 1. The van der Waals surface area contributed by atoms with Gasteiger partial charge in [-0.15, -0.1) is 0 Å². The van der Waals surface area contributed by atoms with Crippen LogP contribution < -0.4 is 14.4 Å². The molecule has 0 bridgehead atoms. The minimum atomic E-state index is -4.26. The van der Waals surface area contributed by atoms with Gasteiger partial charge in [-0.3, -0.25) is 13.9 Å². The van der Waals surface area contributed by atoms with E-state index in [0.29, 0.717) is 12.4 Å². The van der Waals surface area contributed by atoms with Crippen LogP contribution in [0.3, 0.4) is 0 Å². The summed E-state index contributed by atoms with van der Waals surface area (Å²) < 4.78 is 50.0. The second kappa shape index (κ2) is 15.7. The first kappa shape index (κ1) is 33.7. The highest BCUT2D eigenvalue weighted by atomic mass is 32.2. The number of ether oxygens (including phenoxy) is 1. The van der Waals surface area contributed by atoms with Crippen LogP contribution in [0.15, 0.2) is 114 Å². The Bertz CT molecular complexity index is 1730. The molecule has 0 unspecified atom stereocenters. The molecule has 0 aromatic heterocycles. The van der Waals surface area contributed by atoms with Crippen LogP contribution in [-0.2, 0) is 32.6 Å². The van der Waals surface area contributed by atoms with Crippen LogP contribution in [0, 0.1) is 5.82 Å². The summed E-state index contributed by atoms with van der Waals surface area (Å²) in [6, 6.07) is 28.7. The lowest BCUT2D eigenvalue weighted by molar-refractivity contribution is -0.140. The number of hydrogen-bond acceptors (Lipinski definition) is 5. The van der Waals surface area contributed by atoms with Crippen molar-refractivity contribution >= 4 is 27.5 Å². The van der Waals surface area contributed by atoms with Crippen molar-refractivity contribution in [2.75, 3.05) is 17.5 Å². The lowest BCUT2D eigenvalue weighted by Crippen LogP contribution is -2.54. The van der Waals surface area contributed by atoms with Gasteiger partial charge in [0.25, 0.3) is 10.0 Å². The van der Waals surface area contributed by atoms with Crippen molar-refractivity contribution in [2.24, 2.45) is 0 Å². The lowest BCUT2D eigenvalue weighted by Gasteiger charge is -2.34. The quantitative estimate of drug-likeness (QED) is 0.176. The molecule has 1 atom stereocenters. The number of amides is 2. The molecule has 0 radical (unpaired) electrons. The average molecular weight is 658 g/mol. The van der Waals surface area contributed by atoms with Crippen molar-refractivity contribution in [3.8, 4) is 5.75 Å². The van der Waals surface area contributed by atoms with Gasteiger partial charge in [-0.05, 0) is 67.8 Å². The number of para-hydroxylation sites is 1. The number of halogens is 1. The van der Waals surface area contributed by atoms with Crippen LogP contribution in [0.5, 0.6) is 5.75 Å². The van der Waals surface area contributed by atoms with E-state index < -0.39 is 34.3 Å². The normalized spacial score (nSPS) is 13.9. The Morgan fingerprint density at radius 1 is 0.872 bits per heavy atom. The molecule has 1 aliphatic rings. The van der Waals surface area contributed by atoms with Crippen molar-refractivity contribution in [1.82, 2.24) is 10.2 Å². The molecule has 2 amide bonds. The van der Waals surface area contributed by atoms with Gasteiger partial charge in [0.05, 0.1) is 17.2 Å². The van der Waals surface area contributed by atoms with Crippen molar-refractivity contribution in [3.63, 3.8) is 0 Å². The molecule has 0 heterocycles. The minimum absolute atomic E-state index is 0.0213. The van der Waals surface area contributed by atoms with E-state index in [1.807, 2.05) is 37.3 Å². The Hall–Kier alpha value is -4.70. The molecular formula is C37H40FN3O5S. The monoisotopic (exact) mass is 657 g/mol. The molecule has 1 aliphatic carbocycles. The predicted molar refractivity (Wildman–Crippen MR) is 180 cm³/mol. The fraction of sp³-hybridized carbons (Fsp3) is 0.297. The predicted octanol–water partition coefficient (Wildman–Crippen LogP) is 6.12. The maximum absolute atomic E-state index is 15.1. The van der Waals surface area contributed by atoms with Gasteiger partial charge >= 0.3 is 0 Å². The van der Waals surface area contributed by atoms with Crippen molar-refractivity contribution in [1.29, 1.82) is 0 Å². The van der Waals surface area contributed by atoms with Gasteiger partial charge in [-0.1, -0.05) is 79.6 Å². The smallest absolute Gasteiger partial charge is 0.264 e. The number of carbonyl (C=O) groups excluding carboxylic acids is 2. The molecule has 5 rings (SSSR count). The van der Waals surface area contributed by atoms with Crippen LogP contribution in [0.25, 0.3) is 0 Å². The molecule has 246 valence electrons. The summed E-state index contributed by atoms with van der Waals surface area (Å²) in [5.74, 6) is -1.01. The van der Waals surface area contributed by atoms with Crippen molar-refractivity contribution < 1.29 is 27.1 Å². The molecule has 1 fully saturated rings. The molecule has 4 aromatic carbocycles. The van der Waals surface area contributed by atoms with E-state index in [-0.39, 0.29) is 41.1 Å². The Kier molecular flexibility index (Phi) is 11.3. The first-order valence-electron chi connectivity index (χ1n) is 15.9. The zero-order valence-corrected chi connectivity index (χ0v) is 27.2. The third-order valence-corrected chi connectivity index (χ3v) is 10.1. The summed E-state index contributed by atoms with van der Waals surface area (Å²) in [5.41, 5.74) is 1.30. The summed E-state index contributed by atoms with van der Waals surface area (Å²) in [4.78, 5) is 29.9. The van der Waals surface area contributed by atoms with Gasteiger partial charge in [0, 0.05) is 24.6 Å². The number of carbonyl (C=O) groups is 2. The summed E-state index contributed by atoms with van der Waals surface area (Å²) in [7, 11) is -4.26. The molecule has 1 saturated carbocycles. The zero-order valence-electron chi connectivity index (χ0n) is 26.4. The average Bonchev–Trinajstić information content (AvgIpc) is 3.60. The second-order valence-electron chi connectivity index (χ2n) is 11.6. The summed E-state index contributed by atoms with van der Waals surface area (Å²) in [5, 5.41) is 3.12. The van der Waals surface area contributed by atoms with E-state index in [1.165, 1.54) is 23.1 Å². The number of nitrogens with one attached hydrogen (secondary N) is 1. The van der Waals surface area contributed by atoms with Gasteiger partial charge in [-0.25, -0.2) is 12.8 Å². The standard InChI is InChI=1S/C37H40FN3O5S/c1-2-46-32-21-23-33(24-22-32)47(44,45)41(31-18-7-4-8-19-31)27-36(42)40(26-29-15-9-12-20-34(29)38)35(25-28-13-5-3-6-14-28)37(43)39-30-16-10-11-17-30/h3-9,12-15,18-24,30,35H,2,10-11,16-17,25-27H2,1H3,(H,39,43)/t35-/m0/s1. The fourth-order valence-electron chi connectivity index (χ4n) is 5.86. The van der Waals surface area contributed by atoms with Gasteiger partial charge in [-0.2, -0.15) is 0 Å². The molecule has 10 heteroatoms. The van der Waals surface area contributed by atoms with Crippen molar-refractivity contribution in [3.05, 3.63) is 126 Å². The molecule has 0 aliphatic heterocycles. The number of nitrogens with zero attached hydrogens (tertiary/aromatic N) is 2. The van der Waals surface area contributed by atoms with E-state index in [4.69, 9.17) is 4.74 Å². The molecule has 47 heavy (non-hydrogen) atoms. The summed E-state index contributed by atoms with van der Waals surface area (Å²) >= 11 is 0. The highest BCUT2D eigenvalue weighted by Gasteiger charge is 2.36. The fourth-order valence-corrected chi connectivity index (χ4v) is 7.27. The number of rotatable bonds is 14. The SMILES string of the molecule is CCOc1ccc(S(=O)(=O)N(CC(=O)N(Cc2ccccc2F)[C@@H](Cc2ccccc2)C(=O)NC2CCCC2)c2ccccc2)cc1. The highest BCUT2D eigenvalue weighted by Crippen LogP contribution is 2.27. The minimum Gasteiger partial charge on any atom is -0.494 e. The third-order valence-electron chi connectivity index (χ3n) is 8.32. The molecule has 8 nitrogen and oxygen atoms in total. The van der Waals surface area contributed by atoms with Crippen LogP contribution in [0.2, 0.25) is 0 Å². The highest BCUT2D eigenvalue weighted by molar-refractivity contribution is 7.92.